The lowest BCUT2D eigenvalue weighted by Crippen LogP contribution is -2.33. The van der Waals surface area contributed by atoms with Crippen LogP contribution in [0.15, 0.2) is 94.4 Å². The first kappa shape index (κ1) is 31.1. The Kier molecular flexibility index (Phi) is 9.67. The smallest absolute Gasteiger partial charge is 0.252 e. The highest BCUT2D eigenvalue weighted by molar-refractivity contribution is 6.45. The zero-order chi connectivity index (χ0) is 31.9. The van der Waals surface area contributed by atoms with Crippen LogP contribution < -0.4 is 31.7 Å². The van der Waals surface area contributed by atoms with Crippen LogP contribution in [-0.2, 0) is 0 Å². The van der Waals surface area contributed by atoms with Gasteiger partial charge in [0.1, 0.15) is 5.75 Å². The first-order valence-corrected chi connectivity index (χ1v) is 14.8. The van der Waals surface area contributed by atoms with Crippen molar-refractivity contribution in [1.82, 2.24) is 10.6 Å². The number of hydrogen-bond donors (Lipinski definition) is 5. The molecule has 0 spiro atoms. The number of benzene rings is 3. The van der Waals surface area contributed by atoms with E-state index in [9.17, 15) is 14.4 Å². The molecule has 3 amide bonds. The number of carbonyl (C=O) groups is 3. The van der Waals surface area contributed by atoms with Gasteiger partial charge in [-0.1, -0.05) is 54.4 Å². The monoisotopic (exact) mass is 624 g/mol. The van der Waals surface area contributed by atoms with Crippen LogP contribution in [0.4, 0.5) is 11.4 Å². The van der Waals surface area contributed by atoms with E-state index in [1.807, 2.05) is 0 Å². The minimum absolute atomic E-state index is 0.0988. The highest BCUT2D eigenvalue weighted by Gasteiger charge is 2.23. The molecule has 1 aliphatic carbocycles. The summed E-state index contributed by atoms with van der Waals surface area (Å²) in [6, 6.07) is 17.4. The number of nitrogens with one attached hydrogen (secondary N) is 4. The Bertz CT molecular complexity index is 1770. The molecule has 45 heavy (non-hydrogen) atoms. The van der Waals surface area contributed by atoms with E-state index >= 15 is 0 Å². The maximum absolute atomic E-state index is 13.7. The molecular formula is C34H33ClN6O4. The summed E-state index contributed by atoms with van der Waals surface area (Å²) in [6.07, 6.45) is 7.21. The molecule has 1 heterocycles. The molecule has 5 rings (SSSR count). The fourth-order valence-electron chi connectivity index (χ4n) is 5.24. The van der Waals surface area contributed by atoms with E-state index in [-0.39, 0.29) is 40.1 Å². The number of aliphatic imine (C=N–C) groups is 1. The van der Waals surface area contributed by atoms with Crippen LogP contribution in [0, 0.1) is 0 Å². The molecule has 0 atom stereocenters. The van der Waals surface area contributed by atoms with Gasteiger partial charge >= 0.3 is 0 Å². The van der Waals surface area contributed by atoms with E-state index in [1.165, 1.54) is 7.11 Å². The Hall–Kier alpha value is -5.31. The highest BCUT2D eigenvalue weighted by Crippen LogP contribution is 2.36. The van der Waals surface area contributed by atoms with Gasteiger partial charge in [0.15, 0.2) is 11.7 Å². The number of rotatable bonds is 9. The van der Waals surface area contributed by atoms with Gasteiger partial charge in [-0.3, -0.25) is 14.4 Å². The summed E-state index contributed by atoms with van der Waals surface area (Å²) in [5, 5.41) is 12.4. The summed E-state index contributed by atoms with van der Waals surface area (Å²) in [5.41, 5.74) is 12.1. The number of para-hydroxylation sites is 1. The van der Waals surface area contributed by atoms with Gasteiger partial charge in [-0.2, -0.15) is 0 Å². The number of anilines is 2. The molecule has 11 heteroatoms. The number of methoxy groups -OCH3 is 1. The molecule has 2 aliphatic rings. The molecule has 0 saturated heterocycles. The van der Waals surface area contributed by atoms with Gasteiger partial charge in [0.2, 0.25) is 0 Å². The first-order chi connectivity index (χ1) is 21.8. The van der Waals surface area contributed by atoms with E-state index in [0.29, 0.717) is 33.8 Å². The summed E-state index contributed by atoms with van der Waals surface area (Å²) < 4.78 is 5.75. The Labute approximate surface area is 266 Å². The predicted octanol–water partition coefficient (Wildman–Crippen LogP) is 5.55. The van der Waals surface area contributed by atoms with Crippen LogP contribution in [0.2, 0.25) is 0 Å². The molecule has 1 aliphatic heterocycles. The van der Waals surface area contributed by atoms with E-state index in [0.717, 1.165) is 31.2 Å². The lowest BCUT2D eigenvalue weighted by atomic mass is 9.96. The average Bonchev–Trinajstić information content (AvgIpc) is 3.50. The Morgan fingerprint density at radius 2 is 1.69 bits per heavy atom. The Morgan fingerprint density at radius 3 is 2.38 bits per heavy atom. The number of nitrogens with zero attached hydrogens (tertiary/aromatic N) is 1. The van der Waals surface area contributed by atoms with Crippen LogP contribution in [0.1, 0.15) is 56.8 Å². The van der Waals surface area contributed by atoms with Crippen LogP contribution in [0.5, 0.6) is 5.75 Å². The predicted molar refractivity (Wildman–Crippen MR) is 177 cm³/mol. The standard InChI is InChI=1S/C34H33ClN6O4/c1-37-33(43)21-16-14-20(15-17-21)24-19-29(45-2)28(18-25(24)34(44)38-22-8-3-4-9-22)39-30-13-7-11-26(35)32(41-30)40-27-12-6-5-10-23(27)31(36)42/h5-7,10-12,14-19,22,39H,3-4,8-9H2,1-2H3,(H2,36,42)(H,37,43)(H,38,44)(H,40,41). The van der Waals surface area contributed by atoms with Crippen molar-refractivity contribution in [3.63, 3.8) is 0 Å². The van der Waals surface area contributed by atoms with Crippen LogP contribution in [0.25, 0.3) is 11.1 Å². The summed E-state index contributed by atoms with van der Waals surface area (Å²) in [7, 11) is 3.11. The van der Waals surface area contributed by atoms with Crippen molar-refractivity contribution in [3.05, 3.63) is 106 Å². The van der Waals surface area contributed by atoms with Gasteiger partial charge in [0.05, 0.1) is 29.1 Å². The second kappa shape index (κ2) is 14.0. The number of allylic oxidation sites excluding steroid dienone is 2. The van der Waals surface area contributed by atoms with Gasteiger partial charge in [-0.05, 0) is 72.5 Å². The molecule has 1 saturated carbocycles. The van der Waals surface area contributed by atoms with Gasteiger partial charge < -0.3 is 31.7 Å². The fraction of sp³-hybridized carbons (Fsp3) is 0.206. The SMILES string of the molecule is CNC(=O)c1ccc(-c2cc(OC)c(NC3=C=CC=C(Cl)C(Nc4ccccc4C(N)=O)=N3)cc2C(=O)NC2CCCC2)cc1. The van der Waals surface area contributed by atoms with Gasteiger partial charge in [-0.25, -0.2) is 4.99 Å². The van der Waals surface area contributed by atoms with Crippen molar-refractivity contribution in [1.29, 1.82) is 0 Å². The van der Waals surface area contributed by atoms with Crippen molar-refractivity contribution in [2.75, 3.05) is 24.8 Å². The van der Waals surface area contributed by atoms with Gasteiger partial charge in [-0.15, -0.1) is 0 Å². The van der Waals surface area contributed by atoms with Gasteiger partial charge in [0, 0.05) is 24.2 Å². The second-order valence-electron chi connectivity index (χ2n) is 10.5. The van der Waals surface area contributed by atoms with Crippen molar-refractivity contribution in [2.24, 2.45) is 10.7 Å². The number of amides is 3. The maximum atomic E-state index is 13.7. The Balaban J connectivity index is 1.52. The second-order valence-corrected chi connectivity index (χ2v) is 10.9. The summed E-state index contributed by atoms with van der Waals surface area (Å²) in [6.45, 7) is 0. The highest BCUT2D eigenvalue weighted by atomic mass is 35.5. The van der Waals surface area contributed by atoms with E-state index in [2.05, 4.69) is 32.0 Å². The lowest BCUT2D eigenvalue weighted by Gasteiger charge is -2.19. The van der Waals surface area contributed by atoms with E-state index in [1.54, 1.807) is 79.9 Å². The topological polar surface area (TPSA) is 147 Å². The molecule has 0 aromatic heterocycles. The molecule has 1 fully saturated rings. The number of hydrogen-bond acceptors (Lipinski definition) is 7. The quantitative estimate of drug-likeness (QED) is 0.197. The van der Waals surface area contributed by atoms with Gasteiger partial charge in [0.25, 0.3) is 17.7 Å². The van der Waals surface area contributed by atoms with Crippen LogP contribution in [-0.4, -0.2) is 43.8 Å². The molecule has 0 radical (unpaired) electrons. The minimum atomic E-state index is -0.601. The number of ether oxygens (including phenoxy) is 1. The third kappa shape index (κ3) is 7.26. The summed E-state index contributed by atoms with van der Waals surface area (Å²) >= 11 is 6.51. The van der Waals surface area contributed by atoms with Crippen molar-refractivity contribution in [3.8, 4) is 16.9 Å². The molecule has 3 aromatic rings. The fourth-order valence-corrected chi connectivity index (χ4v) is 5.39. The van der Waals surface area contributed by atoms with Crippen molar-refractivity contribution in [2.45, 2.75) is 31.7 Å². The average molecular weight is 625 g/mol. The minimum Gasteiger partial charge on any atom is -0.495 e. The lowest BCUT2D eigenvalue weighted by molar-refractivity contribution is 0.0935. The summed E-state index contributed by atoms with van der Waals surface area (Å²) in [5.74, 6) is -0.0638. The van der Waals surface area contributed by atoms with Crippen molar-refractivity contribution < 1.29 is 19.1 Å². The third-order valence-electron chi connectivity index (χ3n) is 7.56. The van der Waals surface area contributed by atoms with E-state index in [4.69, 9.17) is 22.1 Å². The number of amidine groups is 1. The third-order valence-corrected chi connectivity index (χ3v) is 7.86. The molecule has 0 bridgehead atoms. The van der Waals surface area contributed by atoms with Crippen molar-refractivity contribution >= 4 is 46.5 Å². The number of carbonyl (C=O) groups excluding carboxylic acids is 3. The Morgan fingerprint density at radius 1 is 0.956 bits per heavy atom. The van der Waals surface area contributed by atoms with Crippen LogP contribution in [0.3, 0.4) is 0 Å². The molecular weight excluding hydrogens is 592 g/mol. The number of halogens is 1. The summed E-state index contributed by atoms with van der Waals surface area (Å²) in [4.78, 5) is 42.4. The molecule has 0 unspecified atom stereocenters. The molecule has 6 N–H and O–H groups in total. The number of nitrogens with two attached hydrogens (primary N) is 1. The van der Waals surface area contributed by atoms with Crippen LogP contribution >= 0.6 is 11.6 Å². The molecule has 10 nitrogen and oxygen atoms in total. The zero-order valence-corrected chi connectivity index (χ0v) is 25.6. The van der Waals surface area contributed by atoms with E-state index < -0.39 is 5.91 Å². The largest absolute Gasteiger partial charge is 0.495 e. The maximum Gasteiger partial charge on any atom is 0.252 e. The zero-order valence-electron chi connectivity index (χ0n) is 24.9. The number of primary amides is 1. The molecule has 230 valence electrons. The normalized spacial score (nSPS) is 14.4. The molecule has 3 aromatic carbocycles. The first-order valence-electron chi connectivity index (χ1n) is 14.5.